The minimum absolute atomic E-state index is 0.276. The van der Waals surface area contributed by atoms with Crippen LogP contribution in [-0.2, 0) is 11.2 Å². The fourth-order valence-corrected chi connectivity index (χ4v) is 2.85. The van der Waals surface area contributed by atoms with Crippen LogP contribution < -0.4 is 10.1 Å². The molecule has 4 heteroatoms. The quantitative estimate of drug-likeness (QED) is 0.865. The summed E-state index contributed by atoms with van der Waals surface area (Å²) in [5, 5.41) is 3.34. The molecule has 0 saturated carbocycles. The van der Waals surface area contributed by atoms with Gasteiger partial charge in [-0.3, -0.25) is 9.78 Å². The molecule has 20 heavy (non-hydrogen) atoms. The predicted octanol–water partition coefficient (Wildman–Crippen LogP) is 2.21. The van der Waals surface area contributed by atoms with E-state index in [0.717, 1.165) is 42.1 Å². The van der Waals surface area contributed by atoms with Gasteiger partial charge in [-0.25, -0.2) is 0 Å². The molecule has 1 atom stereocenters. The number of carbonyl (C=O) groups is 1. The maximum atomic E-state index is 12.1. The molecule has 0 amide bonds. The lowest BCUT2D eigenvalue weighted by Crippen LogP contribution is -2.12. The minimum atomic E-state index is 0.276. The molecule has 4 nitrogen and oxygen atoms in total. The lowest BCUT2D eigenvalue weighted by Gasteiger charge is -2.12. The van der Waals surface area contributed by atoms with Crippen molar-refractivity contribution in [3.63, 3.8) is 0 Å². The number of methoxy groups -OCH3 is 1. The van der Waals surface area contributed by atoms with Crippen molar-refractivity contribution in [3.8, 4) is 5.75 Å². The van der Waals surface area contributed by atoms with E-state index < -0.39 is 0 Å². The highest BCUT2D eigenvalue weighted by Crippen LogP contribution is 2.24. The van der Waals surface area contributed by atoms with Crippen LogP contribution in [0.3, 0.4) is 0 Å². The summed E-state index contributed by atoms with van der Waals surface area (Å²) in [6.45, 7) is 6.09. The van der Waals surface area contributed by atoms with Crippen LogP contribution in [0.25, 0.3) is 0 Å². The van der Waals surface area contributed by atoms with E-state index in [0.29, 0.717) is 18.8 Å². The zero-order valence-corrected chi connectivity index (χ0v) is 12.7. The molecule has 1 aromatic rings. The van der Waals surface area contributed by atoms with Gasteiger partial charge in [0.25, 0.3) is 0 Å². The van der Waals surface area contributed by atoms with Gasteiger partial charge in [-0.1, -0.05) is 0 Å². The first kappa shape index (κ1) is 15.0. The van der Waals surface area contributed by atoms with E-state index in [9.17, 15) is 4.79 Å². The number of hydrogen-bond acceptors (Lipinski definition) is 4. The molecule has 2 heterocycles. The summed E-state index contributed by atoms with van der Waals surface area (Å²) in [6.07, 6.45) is 5.05. The molecule has 0 radical (unpaired) electrons. The molecule has 1 saturated heterocycles. The Labute approximate surface area is 120 Å². The molecular formula is C16H24N2O2. The number of carbonyl (C=O) groups excluding carboxylic acids is 1. The second-order valence-corrected chi connectivity index (χ2v) is 5.66. The highest BCUT2D eigenvalue weighted by Gasteiger charge is 2.17. The van der Waals surface area contributed by atoms with Crippen LogP contribution in [0.2, 0.25) is 0 Å². The smallest absolute Gasteiger partial charge is 0.138 e. The number of Topliss-reactive ketones (excluding diaryl/α,β-unsaturated/α-hetero) is 1. The fourth-order valence-electron chi connectivity index (χ4n) is 2.85. The van der Waals surface area contributed by atoms with Gasteiger partial charge in [0.15, 0.2) is 0 Å². The highest BCUT2D eigenvalue weighted by molar-refractivity contribution is 5.81. The van der Waals surface area contributed by atoms with Gasteiger partial charge < -0.3 is 10.1 Å². The standard InChI is InChI=1S/C16H24N2O2/c1-11-9-18-15(12(2)16(11)20-3)8-14(19)5-4-13-6-7-17-10-13/h9,13,17H,4-8,10H2,1-3H3. The first-order chi connectivity index (χ1) is 9.61. The van der Waals surface area contributed by atoms with Crippen LogP contribution in [0.5, 0.6) is 5.75 Å². The first-order valence-electron chi connectivity index (χ1n) is 7.33. The molecule has 2 rings (SSSR count). The Morgan fingerprint density at radius 1 is 1.50 bits per heavy atom. The van der Waals surface area contributed by atoms with Crippen LogP contribution in [0.15, 0.2) is 6.20 Å². The summed E-state index contributed by atoms with van der Waals surface area (Å²) in [4.78, 5) is 16.5. The van der Waals surface area contributed by atoms with Gasteiger partial charge in [0, 0.05) is 30.2 Å². The van der Waals surface area contributed by atoms with Crippen molar-refractivity contribution in [2.24, 2.45) is 5.92 Å². The third-order valence-electron chi connectivity index (χ3n) is 4.11. The first-order valence-corrected chi connectivity index (χ1v) is 7.33. The van der Waals surface area contributed by atoms with Crippen molar-refractivity contribution in [1.29, 1.82) is 0 Å². The summed E-state index contributed by atoms with van der Waals surface area (Å²) in [5.74, 6) is 1.79. The number of hydrogen-bond donors (Lipinski definition) is 1. The van der Waals surface area contributed by atoms with Crippen molar-refractivity contribution >= 4 is 5.78 Å². The number of aryl methyl sites for hydroxylation is 1. The molecule has 1 aliphatic rings. The topological polar surface area (TPSA) is 51.2 Å². The Hall–Kier alpha value is -1.42. The Morgan fingerprint density at radius 3 is 2.95 bits per heavy atom. The summed E-state index contributed by atoms with van der Waals surface area (Å²) >= 11 is 0. The molecule has 0 aliphatic carbocycles. The van der Waals surface area contributed by atoms with E-state index in [-0.39, 0.29) is 5.78 Å². The van der Waals surface area contributed by atoms with Crippen molar-refractivity contribution in [2.75, 3.05) is 20.2 Å². The maximum Gasteiger partial charge on any atom is 0.138 e. The second kappa shape index (κ2) is 6.84. The van der Waals surface area contributed by atoms with E-state index in [1.165, 1.54) is 6.42 Å². The number of aromatic nitrogens is 1. The SMILES string of the molecule is COc1c(C)cnc(CC(=O)CCC2CCNC2)c1C. The van der Waals surface area contributed by atoms with Gasteiger partial charge in [0.1, 0.15) is 11.5 Å². The lowest BCUT2D eigenvalue weighted by molar-refractivity contribution is -0.118. The summed E-state index contributed by atoms with van der Waals surface area (Å²) in [5.41, 5.74) is 2.85. The molecule has 0 bridgehead atoms. The van der Waals surface area contributed by atoms with Crippen LogP contribution >= 0.6 is 0 Å². The lowest BCUT2D eigenvalue weighted by atomic mass is 9.98. The van der Waals surface area contributed by atoms with Crippen molar-refractivity contribution < 1.29 is 9.53 Å². The second-order valence-electron chi connectivity index (χ2n) is 5.66. The number of ether oxygens (including phenoxy) is 1. The Kier molecular flexibility index (Phi) is 5.12. The molecule has 0 aromatic carbocycles. The highest BCUT2D eigenvalue weighted by atomic mass is 16.5. The van der Waals surface area contributed by atoms with Gasteiger partial charge in [-0.15, -0.1) is 0 Å². The summed E-state index contributed by atoms with van der Waals surface area (Å²) < 4.78 is 5.38. The zero-order chi connectivity index (χ0) is 14.5. The fraction of sp³-hybridized carbons (Fsp3) is 0.625. The molecule has 1 N–H and O–H groups in total. The van der Waals surface area contributed by atoms with E-state index in [2.05, 4.69) is 10.3 Å². The Balaban J connectivity index is 1.93. The zero-order valence-electron chi connectivity index (χ0n) is 12.7. The predicted molar refractivity (Wildman–Crippen MR) is 79.2 cm³/mol. The number of ketones is 1. The minimum Gasteiger partial charge on any atom is -0.496 e. The van der Waals surface area contributed by atoms with E-state index in [4.69, 9.17) is 4.74 Å². The largest absolute Gasteiger partial charge is 0.496 e. The van der Waals surface area contributed by atoms with Crippen LogP contribution in [-0.4, -0.2) is 31.0 Å². The van der Waals surface area contributed by atoms with Gasteiger partial charge in [-0.05, 0) is 45.7 Å². The summed E-state index contributed by atoms with van der Waals surface area (Å²) in [7, 11) is 1.66. The van der Waals surface area contributed by atoms with Gasteiger partial charge in [0.2, 0.25) is 0 Å². The van der Waals surface area contributed by atoms with E-state index in [1.54, 1.807) is 13.3 Å². The van der Waals surface area contributed by atoms with Crippen LogP contribution in [0.1, 0.15) is 36.1 Å². The Morgan fingerprint density at radius 2 is 2.30 bits per heavy atom. The van der Waals surface area contributed by atoms with E-state index >= 15 is 0 Å². The number of pyridine rings is 1. The maximum absolute atomic E-state index is 12.1. The molecular weight excluding hydrogens is 252 g/mol. The number of nitrogens with one attached hydrogen (secondary N) is 1. The normalized spacial score (nSPS) is 18.2. The molecule has 1 unspecified atom stereocenters. The third kappa shape index (κ3) is 3.57. The average Bonchev–Trinajstić information content (AvgIpc) is 2.94. The van der Waals surface area contributed by atoms with Crippen molar-refractivity contribution in [1.82, 2.24) is 10.3 Å². The van der Waals surface area contributed by atoms with Crippen molar-refractivity contribution in [3.05, 3.63) is 23.0 Å². The average molecular weight is 276 g/mol. The monoisotopic (exact) mass is 276 g/mol. The molecule has 110 valence electrons. The third-order valence-corrected chi connectivity index (χ3v) is 4.11. The number of rotatable bonds is 6. The van der Waals surface area contributed by atoms with Gasteiger partial charge in [0.05, 0.1) is 12.8 Å². The molecule has 1 aromatic heterocycles. The van der Waals surface area contributed by atoms with Gasteiger partial charge in [-0.2, -0.15) is 0 Å². The molecule has 1 aliphatic heterocycles. The van der Waals surface area contributed by atoms with Crippen LogP contribution in [0.4, 0.5) is 0 Å². The van der Waals surface area contributed by atoms with E-state index in [1.807, 2.05) is 13.8 Å². The van der Waals surface area contributed by atoms with Gasteiger partial charge >= 0.3 is 0 Å². The van der Waals surface area contributed by atoms with Crippen LogP contribution in [0, 0.1) is 19.8 Å². The molecule has 0 spiro atoms. The summed E-state index contributed by atoms with van der Waals surface area (Å²) in [6, 6.07) is 0. The Bertz CT molecular complexity index is 480. The number of nitrogens with zero attached hydrogens (tertiary/aromatic N) is 1. The van der Waals surface area contributed by atoms with Crippen molar-refractivity contribution in [2.45, 2.75) is 39.5 Å². The molecule has 1 fully saturated rings.